The second-order valence-corrected chi connectivity index (χ2v) is 9.73. The lowest BCUT2D eigenvalue weighted by atomic mass is 10.2. The van der Waals surface area contributed by atoms with Crippen LogP contribution >= 0.6 is 27.5 Å². The summed E-state index contributed by atoms with van der Waals surface area (Å²) in [5, 5.41) is 0.928. The molecule has 0 atom stereocenters. The van der Waals surface area contributed by atoms with Crippen LogP contribution in [0.4, 0.5) is 10.5 Å². The van der Waals surface area contributed by atoms with Crippen LogP contribution in [-0.2, 0) is 10.0 Å². The molecule has 0 aliphatic carbocycles. The molecule has 3 aromatic rings. The third-order valence-corrected chi connectivity index (χ3v) is 8.06. The molecule has 4 rings (SSSR count). The number of benzene rings is 2. The Kier molecular flexibility index (Phi) is 5.67. The van der Waals surface area contributed by atoms with Gasteiger partial charge in [0.2, 0.25) is 10.0 Å². The fraction of sp³-hybridized carbons (Fsp3) is 0.211. The Hall–Kier alpha value is -2.27. The van der Waals surface area contributed by atoms with Crippen LogP contribution in [0.3, 0.4) is 0 Å². The van der Waals surface area contributed by atoms with E-state index in [0.29, 0.717) is 31.8 Å². The van der Waals surface area contributed by atoms with Gasteiger partial charge in [0, 0.05) is 37.6 Å². The molecule has 30 heavy (non-hydrogen) atoms. The van der Waals surface area contributed by atoms with Crippen molar-refractivity contribution in [2.75, 3.05) is 31.1 Å². The molecule has 0 spiro atoms. The van der Waals surface area contributed by atoms with Crippen molar-refractivity contribution in [1.29, 1.82) is 0 Å². The molecule has 0 saturated carbocycles. The molecule has 2 heterocycles. The number of furan rings is 1. The van der Waals surface area contributed by atoms with Crippen LogP contribution in [0.2, 0.25) is 5.02 Å². The van der Waals surface area contributed by atoms with Crippen LogP contribution in [-0.4, -0.2) is 45.0 Å². The Morgan fingerprint density at radius 1 is 1.13 bits per heavy atom. The normalized spacial score (nSPS) is 15.5. The lowest BCUT2D eigenvalue weighted by molar-refractivity contribution is 0.199. The number of anilines is 1. The Balaban J connectivity index is 1.54. The number of hydrogen-bond acceptors (Lipinski definition) is 6. The SMILES string of the molecule is NC(=O)Oc1cc2c(Br)c(N3CCN(S(=O)(=O)c4ccccc4Cl)CC3)ccc2o1. The van der Waals surface area contributed by atoms with E-state index in [2.05, 4.69) is 20.8 Å². The van der Waals surface area contributed by atoms with Gasteiger partial charge < -0.3 is 19.8 Å². The molecule has 1 fully saturated rings. The van der Waals surface area contributed by atoms with E-state index in [4.69, 9.17) is 26.5 Å². The van der Waals surface area contributed by atoms with Crippen molar-refractivity contribution >= 4 is 60.3 Å². The zero-order valence-electron chi connectivity index (χ0n) is 15.5. The van der Waals surface area contributed by atoms with Gasteiger partial charge in [-0.05, 0) is 40.2 Å². The first-order valence-electron chi connectivity index (χ1n) is 8.96. The summed E-state index contributed by atoms with van der Waals surface area (Å²) in [6, 6.07) is 11.6. The molecule has 1 aromatic heterocycles. The number of sulfonamides is 1. The number of nitrogens with two attached hydrogens (primary N) is 1. The lowest BCUT2D eigenvalue weighted by Crippen LogP contribution is -2.48. The summed E-state index contributed by atoms with van der Waals surface area (Å²) in [6.45, 7) is 1.63. The van der Waals surface area contributed by atoms with E-state index in [1.807, 2.05) is 6.07 Å². The molecule has 1 saturated heterocycles. The first-order chi connectivity index (χ1) is 14.3. The molecular weight excluding hydrogens is 498 g/mol. The number of ether oxygens (including phenoxy) is 1. The number of amides is 1. The lowest BCUT2D eigenvalue weighted by Gasteiger charge is -2.36. The highest BCUT2D eigenvalue weighted by Gasteiger charge is 2.30. The van der Waals surface area contributed by atoms with E-state index >= 15 is 0 Å². The summed E-state index contributed by atoms with van der Waals surface area (Å²) >= 11 is 9.67. The molecule has 1 amide bonds. The quantitative estimate of drug-likeness (QED) is 0.567. The van der Waals surface area contributed by atoms with Crippen LogP contribution < -0.4 is 15.4 Å². The zero-order chi connectivity index (χ0) is 21.5. The highest BCUT2D eigenvalue weighted by Crippen LogP contribution is 2.38. The largest absolute Gasteiger partial charge is 0.425 e. The molecule has 1 aliphatic heterocycles. The minimum atomic E-state index is -3.66. The Morgan fingerprint density at radius 2 is 1.83 bits per heavy atom. The van der Waals surface area contributed by atoms with Crippen LogP contribution in [0.15, 0.2) is 56.2 Å². The monoisotopic (exact) mass is 513 g/mol. The number of nitrogens with zero attached hydrogens (tertiary/aromatic N) is 2. The maximum Gasteiger partial charge on any atom is 0.412 e. The van der Waals surface area contributed by atoms with Crippen molar-refractivity contribution in [1.82, 2.24) is 4.31 Å². The number of piperazine rings is 1. The van der Waals surface area contributed by atoms with E-state index in [1.54, 1.807) is 30.3 Å². The summed E-state index contributed by atoms with van der Waals surface area (Å²) in [6.07, 6.45) is -0.957. The van der Waals surface area contributed by atoms with Gasteiger partial charge >= 0.3 is 6.09 Å². The van der Waals surface area contributed by atoms with Crippen LogP contribution in [0, 0.1) is 0 Å². The van der Waals surface area contributed by atoms with Gasteiger partial charge in [0.1, 0.15) is 10.5 Å². The van der Waals surface area contributed by atoms with Gasteiger partial charge in [0.05, 0.1) is 15.2 Å². The second kappa shape index (κ2) is 8.10. The minimum absolute atomic E-state index is 0.00556. The summed E-state index contributed by atoms with van der Waals surface area (Å²) in [7, 11) is -3.66. The van der Waals surface area contributed by atoms with Crippen molar-refractivity contribution in [3.63, 3.8) is 0 Å². The average molecular weight is 515 g/mol. The molecule has 158 valence electrons. The standard InChI is InChI=1S/C19H17BrClN3O5S/c20-18-12-11-17(29-19(22)25)28-15(12)6-5-14(18)23-7-9-24(10-8-23)30(26,27)16-4-2-1-3-13(16)21/h1-6,11H,7-10H2,(H2,22,25). The van der Waals surface area contributed by atoms with Gasteiger partial charge in [0.25, 0.3) is 5.95 Å². The van der Waals surface area contributed by atoms with Crippen molar-refractivity contribution in [2.24, 2.45) is 5.73 Å². The number of halogens is 2. The van der Waals surface area contributed by atoms with Crippen molar-refractivity contribution < 1.29 is 22.4 Å². The van der Waals surface area contributed by atoms with E-state index in [1.165, 1.54) is 10.4 Å². The Bertz CT molecular complexity index is 1220. The number of primary amides is 1. The molecule has 2 aromatic carbocycles. The van der Waals surface area contributed by atoms with E-state index < -0.39 is 16.1 Å². The number of carbonyl (C=O) groups is 1. The van der Waals surface area contributed by atoms with E-state index in [9.17, 15) is 13.2 Å². The van der Waals surface area contributed by atoms with Gasteiger partial charge in [-0.2, -0.15) is 4.31 Å². The molecule has 0 bridgehead atoms. The minimum Gasteiger partial charge on any atom is -0.425 e. The third kappa shape index (κ3) is 3.87. The van der Waals surface area contributed by atoms with Crippen LogP contribution in [0.5, 0.6) is 5.95 Å². The van der Waals surface area contributed by atoms with Gasteiger partial charge in [-0.1, -0.05) is 23.7 Å². The highest BCUT2D eigenvalue weighted by atomic mass is 79.9. The van der Waals surface area contributed by atoms with Gasteiger partial charge in [0.15, 0.2) is 0 Å². The topological polar surface area (TPSA) is 106 Å². The number of carbonyl (C=O) groups excluding carboxylic acids is 1. The molecule has 0 unspecified atom stereocenters. The van der Waals surface area contributed by atoms with E-state index in [-0.39, 0.29) is 15.9 Å². The summed E-state index contributed by atoms with van der Waals surface area (Å²) in [4.78, 5) is 13.1. The van der Waals surface area contributed by atoms with Crippen LogP contribution in [0.25, 0.3) is 11.0 Å². The number of rotatable bonds is 4. The first-order valence-corrected chi connectivity index (χ1v) is 11.6. The first kappa shape index (κ1) is 21.0. The molecule has 1 aliphatic rings. The highest BCUT2D eigenvalue weighted by molar-refractivity contribution is 9.10. The predicted octanol–water partition coefficient (Wildman–Crippen LogP) is 3.82. The molecular formula is C19H17BrClN3O5S. The van der Waals surface area contributed by atoms with E-state index in [0.717, 1.165) is 15.5 Å². The molecule has 2 N–H and O–H groups in total. The number of hydrogen-bond donors (Lipinski definition) is 1. The van der Waals surface area contributed by atoms with Gasteiger partial charge in [-0.3, -0.25) is 0 Å². The third-order valence-electron chi connectivity index (χ3n) is 4.83. The summed E-state index contributed by atoms with van der Waals surface area (Å²) in [5.41, 5.74) is 6.44. The second-order valence-electron chi connectivity index (χ2n) is 6.62. The fourth-order valence-electron chi connectivity index (χ4n) is 3.40. The zero-order valence-corrected chi connectivity index (χ0v) is 18.7. The fourth-order valence-corrected chi connectivity index (χ4v) is 6.01. The smallest absolute Gasteiger partial charge is 0.412 e. The maximum absolute atomic E-state index is 12.9. The Morgan fingerprint density at radius 3 is 2.50 bits per heavy atom. The van der Waals surface area contributed by atoms with Crippen molar-refractivity contribution in [3.05, 3.63) is 52.0 Å². The molecule has 0 radical (unpaired) electrons. The van der Waals surface area contributed by atoms with Crippen LogP contribution in [0.1, 0.15) is 0 Å². The number of fused-ring (bicyclic) bond motifs is 1. The molecule has 11 heteroatoms. The maximum atomic E-state index is 12.9. The Labute approximate surface area is 186 Å². The van der Waals surface area contributed by atoms with Crippen molar-refractivity contribution in [3.8, 4) is 5.95 Å². The summed E-state index contributed by atoms with van der Waals surface area (Å²) in [5.74, 6) is 0.00556. The molecule has 8 nitrogen and oxygen atoms in total. The average Bonchev–Trinajstić information content (AvgIpc) is 3.11. The summed E-state index contributed by atoms with van der Waals surface area (Å²) < 4.78 is 38.3. The predicted molar refractivity (Wildman–Crippen MR) is 117 cm³/mol. The van der Waals surface area contributed by atoms with Gasteiger partial charge in [-0.15, -0.1) is 0 Å². The van der Waals surface area contributed by atoms with Crippen molar-refractivity contribution in [2.45, 2.75) is 4.90 Å². The van der Waals surface area contributed by atoms with Gasteiger partial charge in [-0.25, -0.2) is 13.2 Å².